The van der Waals surface area contributed by atoms with Crippen molar-refractivity contribution in [2.45, 2.75) is 0 Å². The molecule has 98 valence electrons. The minimum Gasteiger partial charge on any atom is -0.508 e. The Balaban J connectivity index is 2.25. The molecule has 0 bridgehead atoms. The summed E-state index contributed by atoms with van der Waals surface area (Å²) in [6.07, 6.45) is 0. The predicted molar refractivity (Wildman–Crippen MR) is 81.9 cm³/mol. The number of hydrogen-bond donors (Lipinski definition) is 3. The Morgan fingerprint density at radius 3 is 2.53 bits per heavy atom. The monoisotopic (exact) mass is 389 g/mol. The van der Waals surface area contributed by atoms with Crippen molar-refractivity contribution in [1.29, 1.82) is 0 Å². The number of carbonyl (C=O) groups excluding carboxylic acids is 1. The minimum atomic E-state index is -0.460. The summed E-state index contributed by atoms with van der Waals surface area (Å²) < 4.78 is 0.789. The molecule has 6 heteroatoms. The Kier molecular flexibility index (Phi) is 4.16. The molecule has 0 aromatic heterocycles. The molecular weight excluding hydrogens is 381 g/mol. The number of aromatic hydroxyl groups is 2. The molecule has 0 unspecified atom stereocenters. The number of amides is 1. The van der Waals surface area contributed by atoms with Gasteiger partial charge in [0.2, 0.25) is 0 Å². The molecule has 3 N–H and O–H groups in total. The molecule has 1 amide bonds. The van der Waals surface area contributed by atoms with Gasteiger partial charge in [0.05, 0.1) is 11.3 Å². The average Bonchev–Trinajstić information content (AvgIpc) is 2.32. The van der Waals surface area contributed by atoms with Crippen LogP contribution in [0.5, 0.6) is 11.5 Å². The quantitative estimate of drug-likeness (QED) is 0.687. The van der Waals surface area contributed by atoms with Crippen LogP contribution < -0.4 is 5.32 Å². The van der Waals surface area contributed by atoms with E-state index in [1.807, 2.05) is 0 Å². The highest BCUT2D eigenvalue weighted by atomic mass is 127. The molecule has 0 fully saturated rings. The van der Waals surface area contributed by atoms with E-state index in [2.05, 4.69) is 27.9 Å². The van der Waals surface area contributed by atoms with E-state index >= 15 is 0 Å². The molecule has 0 aliphatic rings. The van der Waals surface area contributed by atoms with Crippen molar-refractivity contribution in [2.24, 2.45) is 0 Å². The van der Waals surface area contributed by atoms with E-state index in [1.165, 1.54) is 12.1 Å². The number of hydrogen-bond acceptors (Lipinski definition) is 3. The first-order valence-electron chi connectivity index (χ1n) is 5.26. The van der Waals surface area contributed by atoms with Crippen LogP contribution in [0, 0.1) is 3.57 Å². The van der Waals surface area contributed by atoms with Gasteiger partial charge in [-0.05, 0) is 52.9 Å². The van der Waals surface area contributed by atoms with Crippen LogP contribution >= 0.6 is 34.2 Å². The number of halogens is 2. The van der Waals surface area contributed by atoms with Gasteiger partial charge in [0, 0.05) is 14.7 Å². The zero-order chi connectivity index (χ0) is 14.0. The van der Waals surface area contributed by atoms with Gasteiger partial charge >= 0.3 is 0 Å². The van der Waals surface area contributed by atoms with Gasteiger partial charge in [-0.25, -0.2) is 0 Å². The summed E-state index contributed by atoms with van der Waals surface area (Å²) in [7, 11) is 0. The minimum absolute atomic E-state index is 0.0866. The Bertz CT molecular complexity index is 646. The molecule has 4 nitrogen and oxygen atoms in total. The molecule has 0 heterocycles. The highest BCUT2D eigenvalue weighted by molar-refractivity contribution is 14.1. The second-order valence-electron chi connectivity index (χ2n) is 3.78. The smallest absolute Gasteiger partial charge is 0.259 e. The lowest BCUT2D eigenvalue weighted by Gasteiger charge is -2.09. The second kappa shape index (κ2) is 5.66. The van der Waals surface area contributed by atoms with Gasteiger partial charge in [0.25, 0.3) is 5.91 Å². The van der Waals surface area contributed by atoms with Crippen molar-refractivity contribution < 1.29 is 15.0 Å². The van der Waals surface area contributed by atoms with E-state index in [1.54, 1.807) is 18.2 Å². The first-order valence-corrected chi connectivity index (χ1v) is 6.71. The summed E-state index contributed by atoms with van der Waals surface area (Å²) in [6.45, 7) is 0. The SMILES string of the molecule is O=C(Nc1ccc(Cl)cc1I)c1ccc(O)cc1O. The van der Waals surface area contributed by atoms with E-state index < -0.39 is 5.91 Å². The molecule has 0 aliphatic heterocycles. The van der Waals surface area contributed by atoms with Gasteiger partial charge in [0.1, 0.15) is 11.5 Å². The number of carbonyl (C=O) groups is 1. The van der Waals surface area contributed by atoms with Crippen LogP contribution in [0.2, 0.25) is 5.02 Å². The lowest BCUT2D eigenvalue weighted by Crippen LogP contribution is -2.12. The fourth-order valence-corrected chi connectivity index (χ4v) is 2.50. The zero-order valence-electron chi connectivity index (χ0n) is 9.52. The molecular formula is C13H9ClINO3. The standard InChI is InChI=1S/C13H9ClINO3/c14-7-1-4-11(10(15)5-7)16-13(19)9-3-2-8(17)6-12(9)18/h1-6,17-18H,(H,16,19). The normalized spacial score (nSPS) is 10.2. The largest absolute Gasteiger partial charge is 0.508 e. The van der Waals surface area contributed by atoms with Gasteiger partial charge < -0.3 is 15.5 Å². The maximum Gasteiger partial charge on any atom is 0.259 e. The number of phenolic OH excluding ortho intramolecular Hbond substituents is 2. The van der Waals surface area contributed by atoms with Crippen LogP contribution in [0.15, 0.2) is 36.4 Å². The van der Waals surface area contributed by atoms with E-state index in [0.717, 1.165) is 9.64 Å². The maximum absolute atomic E-state index is 12.0. The molecule has 0 spiro atoms. The van der Waals surface area contributed by atoms with Crippen LogP contribution in [0.1, 0.15) is 10.4 Å². The molecule has 0 atom stereocenters. The van der Waals surface area contributed by atoms with E-state index in [9.17, 15) is 15.0 Å². The Morgan fingerprint density at radius 1 is 1.16 bits per heavy atom. The summed E-state index contributed by atoms with van der Waals surface area (Å²) >= 11 is 7.88. The highest BCUT2D eigenvalue weighted by Crippen LogP contribution is 2.26. The van der Waals surface area contributed by atoms with Crippen LogP contribution in [-0.2, 0) is 0 Å². The zero-order valence-corrected chi connectivity index (χ0v) is 12.4. The molecule has 2 rings (SSSR count). The van der Waals surface area contributed by atoms with Crippen molar-refractivity contribution in [1.82, 2.24) is 0 Å². The van der Waals surface area contributed by atoms with Crippen molar-refractivity contribution in [3.8, 4) is 11.5 Å². The van der Waals surface area contributed by atoms with Gasteiger partial charge in [0.15, 0.2) is 0 Å². The number of phenols is 2. The molecule has 2 aromatic rings. The van der Waals surface area contributed by atoms with Gasteiger partial charge in [-0.3, -0.25) is 4.79 Å². The first kappa shape index (κ1) is 14.0. The molecule has 2 aromatic carbocycles. The topological polar surface area (TPSA) is 69.6 Å². The summed E-state index contributed by atoms with van der Waals surface area (Å²) in [5.74, 6) is -0.839. The molecule has 0 aliphatic carbocycles. The van der Waals surface area contributed by atoms with Crippen molar-refractivity contribution in [3.63, 3.8) is 0 Å². The third kappa shape index (κ3) is 3.30. The molecule has 0 saturated heterocycles. The third-order valence-electron chi connectivity index (χ3n) is 2.41. The van der Waals surface area contributed by atoms with Crippen molar-refractivity contribution in [2.75, 3.05) is 5.32 Å². The third-order valence-corrected chi connectivity index (χ3v) is 3.53. The Hall–Kier alpha value is -1.47. The van der Waals surface area contributed by atoms with Crippen LogP contribution in [-0.4, -0.2) is 16.1 Å². The number of benzene rings is 2. The van der Waals surface area contributed by atoms with Crippen molar-refractivity contribution >= 4 is 45.8 Å². The first-order chi connectivity index (χ1) is 8.97. The van der Waals surface area contributed by atoms with E-state index in [-0.39, 0.29) is 17.1 Å². The van der Waals surface area contributed by atoms with E-state index in [4.69, 9.17) is 11.6 Å². The number of anilines is 1. The number of rotatable bonds is 2. The molecule has 0 saturated carbocycles. The second-order valence-corrected chi connectivity index (χ2v) is 5.38. The lowest BCUT2D eigenvalue weighted by molar-refractivity contribution is 0.102. The van der Waals surface area contributed by atoms with Crippen LogP contribution in [0.25, 0.3) is 0 Å². The maximum atomic E-state index is 12.0. The predicted octanol–water partition coefficient (Wildman–Crippen LogP) is 3.61. The van der Waals surface area contributed by atoms with E-state index in [0.29, 0.717) is 10.7 Å². The van der Waals surface area contributed by atoms with Gasteiger partial charge in [-0.15, -0.1) is 0 Å². The average molecular weight is 390 g/mol. The van der Waals surface area contributed by atoms with Crippen molar-refractivity contribution in [3.05, 3.63) is 50.6 Å². The fraction of sp³-hybridized carbons (Fsp3) is 0. The summed E-state index contributed by atoms with van der Waals surface area (Å²) in [6, 6.07) is 8.86. The van der Waals surface area contributed by atoms with Gasteiger partial charge in [-0.2, -0.15) is 0 Å². The van der Waals surface area contributed by atoms with Gasteiger partial charge in [-0.1, -0.05) is 11.6 Å². The summed E-state index contributed by atoms with van der Waals surface area (Å²) in [5.41, 5.74) is 0.686. The Labute approximate surface area is 128 Å². The molecule has 19 heavy (non-hydrogen) atoms. The fourth-order valence-electron chi connectivity index (χ4n) is 1.49. The molecule has 0 radical (unpaired) electrons. The highest BCUT2D eigenvalue weighted by Gasteiger charge is 2.13. The van der Waals surface area contributed by atoms with Crippen LogP contribution in [0.4, 0.5) is 5.69 Å². The summed E-state index contributed by atoms with van der Waals surface area (Å²) in [5, 5.41) is 22.0. The Morgan fingerprint density at radius 2 is 1.89 bits per heavy atom. The summed E-state index contributed by atoms with van der Waals surface area (Å²) in [4.78, 5) is 12.0. The number of nitrogens with one attached hydrogen (secondary N) is 1. The van der Waals surface area contributed by atoms with Crippen LogP contribution in [0.3, 0.4) is 0 Å². The lowest BCUT2D eigenvalue weighted by atomic mass is 10.1.